The summed E-state index contributed by atoms with van der Waals surface area (Å²) in [5, 5.41) is 7.50. The van der Waals surface area contributed by atoms with Gasteiger partial charge in [0.25, 0.3) is 5.91 Å². The zero-order chi connectivity index (χ0) is 23.2. The highest BCUT2D eigenvalue weighted by atomic mass is 35.5. The quantitative estimate of drug-likeness (QED) is 0.487. The molecule has 0 radical (unpaired) electrons. The van der Waals surface area contributed by atoms with Crippen molar-refractivity contribution in [1.29, 1.82) is 0 Å². The van der Waals surface area contributed by atoms with E-state index in [-0.39, 0.29) is 23.8 Å². The Balaban J connectivity index is 1.68. The second-order valence-corrected chi connectivity index (χ2v) is 7.98. The van der Waals surface area contributed by atoms with Gasteiger partial charge in [0, 0.05) is 6.54 Å². The highest BCUT2D eigenvalue weighted by Gasteiger charge is 2.42. The fourth-order valence-corrected chi connectivity index (χ4v) is 4.21. The molecule has 11 heteroatoms. The Bertz CT molecular complexity index is 1150. The van der Waals surface area contributed by atoms with E-state index in [1.807, 2.05) is 6.92 Å². The monoisotopic (exact) mass is 469 g/mol. The van der Waals surface area contributed by atoms with E-state index in [1.165, 1.54) is 24.0 Å². The summed E-state index contributed by atoms with van der Waals surface area (Å²) in [6.45, 7) is 3.69. The third-order valence-corrected chi connectivity index (χ3v) is 5.97. The molecule has 1 aliphatic rings. The van der Waals surface area contributed by atoms with Crippen LogP contribution >= 0.6 is 11.6 Å². The molecular weight excluding hydrogens is 450 g/mol. The number of nitrogens with zero attached hydrogens (tertiary/aromatic N) is 5. The van der Waals surface area contributed by atoms with Gasteiger partial charge >= 0.3 is 6.18 Å². The second-order valence-electron chi connectivity index (χ2n) is 7.60. The predicted molar refractivity (Wildman–Crippen MR) is 111 cm³/mol. The maximum atomic E-state index is 13.3. The SMILES string of the molecule is CCCc1c(N2CCC(n3nc(C(F)(F)F)c(Cl)c3C)C2=O)cnn1-c1ccc(F)cc1. The highest BCUT2D eigenvalue weighted by Crippen LogP contribution is 2.39. The molecule has 0 saturated carbocycles. The molecule has 0 bridgehead atoms. The van der Waals surface area contributed by atoms with Gasteiger partial charge in [0.15, 0.2) is 5.69 Å². The van der Waals surface area contributed by atoms with E-state index in [9.17, 15) is 22.4 Å². The summed E-state index contributed by atoms with van der Waals surface area (Å²) in [4.78, 5) is 14.7. The van der Waals surface area contributed by atoms with Crippen molar-refractivity contribution in [2.24, 2.45) is 0 Å². The highest BCUT2D eigenvalue weighted by molar-refractivity contribution is 6.32. The van der Waals surface area contributed by atoms with Gasteiger partial charge in [-0.1, -0.05) is 24.9 Å². The molecular formula is C21H20ClF4N5O. The minimum atomic E-state index is -4.71. The summed E-state index contributed by atoms with van der Waals surface area (Å²) in [5.74, 6) is -0.751. The van der Waals surface area contributed by atoms with E-state index in [0.717, 1.165) is 16.8 Å². The van der Waals surface area contributed by atoms with Crippen LogP contribution in [-0.4, -0.2) is 32.0 Å². The Labute approximate surface area is 186 Å². The number of hydrogen-bond donors (Lipinski definition) is 0. The van der Waals surface area contributed by atoms with Crippen LogP contribution in [0.15, 0.2) is 30.5 Å². The maximum Gasteiger partial charge on any atom is 0.436 e. The van der Waals surface area contributed by atoms with Crippen LogP contribution in [-0.2, 0) is 17.4 Å². The number of aromatic nitrogens is 4. The number of halogens is 5. The molecule has 4 rings (SSSR count). The van der Waals surface area contributed by atoms with Gasteiger partial charge < -0.3 is 4.90 Å². The van der Waals surface area contributed by atoms with Gasteiger partial charge in [0.1, 0.15) is 11.9 Å². The first-order chi connectivity index (χ1) is 15.1. The molecule has 3 heterocycles. The van der Waals surface area contributed by atoms with Crippen molar-refractivity contribution in [3.63, 3.8) is 0 Å². The molecule has 1 atom stereocenters. The molecule has 1 amide bonds. The summed E-state index contributed by atoms with van der Waals surface area (Å²) >= 11 is 5.86. The van der Waals surface area contributed by atoms with Crippen LogP contribution in [0.25, 0.3) is 5.69 Å². The molecule has 170 valence electrons. The van der Waals surface area contributed by atoms with Crippen LogP contribution in [0, 0.1) is 12.7 Å². The molecule has 6 nitrogen and oxygen atoms in total. The number of benzene rings is 1. The first-order valence-electron chi connectivity index (χ1n) is 10.1. The van der Waals surface area contributed by atoms with Crippen LogP contribution < -0.4 is 4.90 Å². The Morgan fingerprint density at radius 1 is 1.22 bits per heavy atom. The van der Waals surface area contributed by atoms with E-state index < -0.39 is 22.9 Å². The summed E-state index contributed by atoms with van der Waals surface area (Å²) in [6.07, 6.45) is -1.50. The summed E-state index contributed by atoms with van der Waals surface area (Å²) in [7, 11) is 0. The lowest BCUT2D eigenvalue weighted by atomic mass is 10.2. The van der Waals surface area contributed by atoms with E-state index in [1.54, 1.807) is 23.0 Å². The summed E-state index contributed by atoms with van der Waals surface area (Å²) in [6, 6.07) is 4.94. The molecule has 32 heavy (non-hydrogen) atoms. The third-order valence-electron chi connectivity index (χ3n) is 5.51. The van der Waals surface area contributed by atoms with Crippen LogP contribution in [0.3, 0.4) is 0 Å². The van der Waals surface area contributed by atoms with Gasteiger partial charge in [0.2, 0.25) is 0 Å². The topological polar surface area (TPSA) is 56.0 Å². The van der Waals surface area contributed by atoms with Crippen molar-refractivity contribution in [3.05, 3.63) is 58.4 Å². The third kappa shape index (κ3) is 3.76. The van der Waals surface area contributed by atoms with Crippen molar-refractivity contribution in [2.45, 2.75) is 45.3 Å². The number of amides is 1. The first-order valence-corrected chi connectivity index (χ1v) is 10.5. The Kier molecular flexibility index (Phi) is 5.74. The van der Waals surface area contributed by atoms with Crippen LogP contribution in [0.1, 0.15) is 42.9 Å². The molecule has 0 aliphatic carbocycles. The smallest absolute Gasteiger partial charge is 0.307 e. The van der Waals surface area contributed by atoms with Gasteiger partial charge in [-0.2, -0.15) is 23.4 Å². The predicted octanol–water partition coefficient (Wildman–Crippen LogP) is 5.12. The number of hydrogen-bond acceptors (Lipinski definition) is 3. The lowest BCUT2D eigenvalue weighted by Gasteiger charge is -2.18. The molecule has 0 N–H and O–H groups in total. The Morgan fingerprint density at radius 3 is 2.50 bits per heavy atom. The van der Waals surface area contributed by atoms with Crippen LogP contribution in [0.2, 0.25) is 5.02 Å². The molecule has 0 spiro atoms. The number of carbonyl (C=O) groups is 1. The van der Waals surface area contributed by atoms with Crippen LogP contribution in [0.4, 0.5) is 23.2 Å². The first kappa shape index (κ1) is 22.3. The van der Waals surface area contributed by atoms with Crippen molar-refractivity contribution >= 4 is 23.2 Å². The zero-order valence-electron chi connectivity index (χ0n) is 17.3. The Hall–Kier alpha value is -2.88. The second kappa shape index (κ2) is 8.23. The number of anilines is 1. The van der Waals surface area contributed by atoms with Crippen molar-refractivity contribution < 1.29 is 22.4 Å². The number of rotatable bonds is 5. The molecule has 1 aromatic carbocycles. The fraction of sp³-hybridized carbons (Fsp3) is 0.381. The van der Waals surface area contributed by atoms with E-state index in [2.05, 4.69) is 10.2 Å². The molecule has 1 aliphatic heterocycles. The van der Waals surface area contributed by atoms with E-state index in [4.69, 9.17) is 11.6 Å². The van der Waals surface area contributed by atoms with E-state index in [0.29, 0.717) is 24.3 Å². The van der Waals surface area contributed by atoms with Crippen LogP contribution in [0.5, 0.6) is 0 Å². The van der Waals surface area contributed by atoms with Gasteiger partial charge in [-0.15, -0.1) is 0 Å². The average molecular weight is 470 g/mol. The largest absolute Gasteiger partial charge is 0.436 e. The minimum absolute atomic E-state index is 0.0926. The number of alkyl halides is 3. The lowest BCUT2D eigenvalue weighted by Crippen LogP contribution is -2.29. The minimum Gasteiger partial charge on any atom is -0.307 e. The van der Waals surface area contributed by atoms with Gasteiger partial charge in [-0.3, -0.25) is 9.48 Å². The van der Waals surface area contributed by atoms with Gasteiger partial charge in [-0.25, -0.2) is 9.07 Å². The molecule has 2 aromatic heterocycles. The normalized spacial score (nSPS) is 16.9. The molecule has 3 aromatic rings. The number of carbonyl (C=O) groups excluding carboxylic acids is 1. The summed E-state index contributed by atoms with van der Waals surface area (Å²) in [5.41, 5.74) is 0.887. The lowest BCUT2D eigenvalue weighted by molar-refractivity contribution is -0.141. The van der Waals surface area contributed by atoms with E-state index >= 15 is 0 Å². The molecule has 1 saturated heterocycles. The van der Waals surface area contributed by atoms with Crippen molar-refractivity contribution in [3.8, 4) is 5.69 Å². The Morgan fingerprint density at radius 2 is 1.91 bits per heavy atom. The van der Waals surface area contributed by atoms with Crippen molar-refractivity contribution in [1.82, 2.24) is 19.6 Å². The average Bonchev–Trinajstić information content (AvgIpc) is 3.39. The molecule has 1 fully saturated rings. The summed E-state index contributed by atoms with van der Waals surface area (Å²) < 4.78 is 55.7. The van der Waals surface area contributed by atoms with Gasteiger partial charge in [0.05, 0.1) is 34.0 Å². The molecule has 1 unspecified atom stereocenters. The standard InChI is InChI=1S/C21H20ClF4N5O/c1-3-4-15-17(11-27-31(15)14-7-5-13(23)6-8-14)29-10-9-16(20(29)32)30-12(2)18(22)19(28-30)21(24,25)26/h5-8,11,16H,3-4,9-10H2,1-2H3. The van der Waals surface area contributed by atoms with Crippen molar-refractivity contribution in [2.75, 3.05) is 11.4 Å². The zero-order valence-corrected chi connectivity index (χ0v) is 18.1. The fourth-order valence-electron chi connectivity index (χ4n) is 3.98. The van der Waals surface area contributed by atoms with Gasteiger partial charge in [-0.05, 0) is 44.0 Å². The maximum absolute atomic E-state index is 13.3.